The number of aromatic amines is 1. The summed E-state index contributed by atoms with van der Waals surface area (Å²) in [5.74, 6) is 0.659. The summed E-state index contributed by atoms with van der Waals surface area (Å²) in [4.78, 5) is 45.8. The van der Waals surface area contributed by atoms with E-state index in [1.54, 1.807) is 29.2 Å². The minimum atomic E-state index is -0.927. The lowest BCUT2D eigenvalue weighted by atomic mass is 10.1. The molecule has 1 fully saturated rings. The average molecular weight is 556 g/mol. The molecule has 1 aliphatic rings. The van der Waals surface area contributed by atoms with Gasteiger partial charge >= 0.3 is 0 Å². The summed E-state index contributed by atoms with van der Waals surface area (Å²) in [6.45, 7) is 3.30. The van der Waals surface area contributed by atoms with Crippen molar-refractivity contribution in [3.63, 3.8) is 0 Å². The van der Waals surface area contributed by atoms with Crippen molar-refractivity contribution in [1.82, 2.24) is 30.2 Å². The Morgan fingerprint density at radius 3 is 2.71 bits per heavy atom. The molecule has 1 atom stereocenters. The van der Waals surface area contributed by atoms with Crippen LogP contribution in [0, 0.1) is 0 Å². The molecule has 2 aromatic carbocycles. The smallest absolute Gasteiger partial charge is 0.255 e. The first-order valence-electron chi connectivity index (χ1n) is 12.4. The normalized spacial score (nSPS) is 14.3. The van der Waals surface area contributed by atoms with Gasteiger partial charge in [-0.25, -0.2) is 15.0 Å². The van der Waals surface area contributed by atoms with E-state index in [-0.39, 0.29) is 18.2 Å². The van der Waals surface area contributed by atoms with Crippen LogP contribution in [0.15, 0.2) is 36.7 Å². The van der Waals surface area contributed by atoms with Gasteiger partial charge in [-0.3, -0.25) is 14.5 Å². The van der Waals surface area contributed by atoms with Crippen molar-refractivity contribution in [1.29, 1.82) is 0 Å². The number of hydrogen-bond donors (Lipinski definition) is 3. The lowest BCUT2D eigenvalue weighted by molar-refractivity contribution is -0.123. The van der Waals surface area contributed by atoms with Crippen molar-refractivity contribution >= 4 is 68.7 Å². The maximum absolute atomic E-state index is 13.1. The molecule has 38 heavy (non-hydrogen) atoms. The molecule has 0 aliphatic carbocycles. The summed E-state index contributed by atoms with van der Waals surface area (Å²) in [5, 5.41) is 13.4. The topological polar surface area (TPSA) is 127 Å². The molecule has 0 radical (unpaired) electrons. The standard InChI is InChI=1S/C26H27Cl2N7O3/c1-15(36)31-23(37)5-4-10-35(26-32-20-7-6-16(27)11-22(20)33-26)24-18-12-19(28)17(13-21(18)29-14-30-24)25(38)34-8-2-3-9-34/h6-7,11-15,36H,2-5,8-10H2,1H3,(H,31,37)(H,32,33). The molecule has 4 aromatic rings. The zero-order chi connectivity index (χ0) is 26.8. The highest BCUT2D eigenvalue weighted by atomic mass is 35.5. The van der Waals surface area contributed by atoms with Crippen molar-refractivity contribution in [2.45, 2.75) is 38.8 Å². The molecule has 12 heteroatoms. The van der Waals surface area contributed by atoms with E-state index in [1.807, 2.05) is 11.0 Å². The van der Waals surface area contributed by atoms with Gasteiger partial charge < -0.3 is 20.3 Å². The van der Waals surface area contributed by atoms with E-state index in [4.69, 9.17) is 28.2 Å². The maximum atomic E-state index is 13.1. The summed E-state index contributed by atoms with van der Waals surface area (Å²) in [6.07, 6.45) is 3.10. The predicted molar refractivity (Wildman–Crippen MR) is 147 cm³/mol. The molecular weight excluding hydrogens is 529 g/mol. The second kappa shape index (κ2) is 11.1. The molecule has 0 bridgehead atoms. The number of aromatic nitrogens is 4. The first-order valence-corrected chi connectivity index (χ1v) is 13.2. The Morgan fingerprint density at radius 2 is 1.95 bits per heavy atom. The largest absolute Gasteiger partial charge is 0.374 e. The van der Waals surface area contributed by atoms with E-state index < -0.39 is 6.23 Å². The molecule has 2 amide bonds. The van der Waals surface area contributed by atoms with Crippen molar-refractivity contribution in [2.24, 2.45) is 0 Å². The predicted octanol–water partition coefficient (Wildman–Crippen LogP) is 4.42. The molecule has 1 saturated heterocycles. The van der Waals surface area contributed by atoms with E-state index in [1.165, 1.54) is 13.3 Å². The molecule has 198 valence electrons. The van der Waals surface area contributed by atoms with E-state index in [2.05, 4.69) is 20.3 Å². The number of fused-ring (bicyclic) bond motifs is 2. The summed E-state index contributed by atoms with van der Waals surface area (Å²) < 4.78 is 0. The number of anilines is 2. The SMILES string of the molecule is CC(O)NC(=O)CCCN(c1nc2cc(Cl)ccc2[nH]1)c1ncnc2cc(C(=O)N3CCCC3)c(Cl)cc12. The highest BCUT2D eigenvalue weighted by Crippen LogP contribution is 2.33. The van der Waals surface area contributed by atoms with Gasteiger partial charge in [-0.15, -0.1) is 0 Å². The number of aliphatic hydroxyl groups excluding tert-OH is 1. The second-order valence-electron chi connectivity index (χ2n) is 9.27. The monoisotopic (exact) mass is 555 g/mol. The number of hydrogen-bond acceptors (Lipinski definition) is 7. The van der Waals surface area contributed by atoms with Crippen molar-refractivity contribution in [2.75, 3.05) is 24.5 Å². The summed E-state index contributed by atoms with van der Waals surface area (Å²) >= 11 is 12.8. The molecular formula is C26H27Cl2N7O3. The van der Waals surface area contributed by atoms with Gasteiger partial charge in [0.2, 0.25) is 11.9 Å². The highest BCUT2D eigenvalue weighted by Gasteiger charge is 2.24. The molecule has 1 unspecified atom stereocenters. The van der Waals surface area contributed by atoms with Crippen LogP contribution < -0.4 is 10.2 Å². The van der Waals surface area contributed by atoms with Crippen LogP contribution >= 0.6 is 23.2 Å². The molecule has 0 saturated carbocycles. The van der Waals surface area contributed by atoms with Crippen LogP contribution in [0.5, 0.6) is 0 Å². The Morgan fingerprint density at radius 1 is 1.16 bits per heavy atom. The van der Waals surface area contributed by atoms with Gasteiger partial charge in [0, 0.05) is 36.5 Å². The molecule has 10 nitrogen and oxygen atoms in total. The Kier molecular flexibility index (Phi) is 7.64. The van der Waals surface area contributed by atoms with Gasteiger partial charge in [0.1, 0.15) is 18.4 Å². The third-order valence-corrected chi connectivity index (χ3v) is 6.97. The molecule has 1 aliphatic heterocycles. The number of likely N-dealkylation sites (tertiary alicyclic amines) is 1. The van der Waals surface area contributed by atoms with Crippen LogP contribution in [-0.4, -0.2) is 67.6 Å². The van der Waals surface area contributed by atoms with Gasteiger partial charge in [0.25, 0.3) is 5.91 Å². The van der Waals surface area contributed by atoms with Gasteiger partial charge in [0.15, 0.2) is 0 Å². The number of amides is 2. The maximum Gasteiger partial charge on any atom is 0.255 e. The number of imidazole rings is 1. The highest BCUT2D eigenvalue weighted by molar-refractivity contribution is 6.35. The van der Waals surface area contributed by atoms with Crippen molar-refractivity contribution in [3.05, 3.63) is 52.3 Å². The van der Waals surface area contributed by atoms with Crippen molar-refractivity contribution < 1.29 is 14.7 Å². The van der Waals surface area contributed by atoms with E-state index in [0.29, 0.717) is 69.8 Å². The van der Waals surface area contributed by atoms with Crippen LogP contribution in [0.2, 0.25) is 10.0 Å². The van der Waals surface area contributed by atoms with Crippen LogP contribution in [-0.2, 0) is 4.79 Å². The number of aliphatic hydroxyl groups is 1. The number of nitrogens with one attached hydrogen (secondary N) is 2. The van der Waals surface area contributed by atoms with E-state index in [9.17, 15) is 14.7 Å². The Balaban J connectivity index is 1.53. The van der Waals surface area contributed by atoms with E-state index in [0.717, 1.165) is 18.4 Å². The molecule has 2 aromatic heterocycles. The van der Waals surface area contributed by atoms with Gasteiger partial charge in [0.05, 0.1) is 27.1 Å². The first kappa shape index (κ1) is 26.1. The third-order valence-electron chi connectivity index (χ3n) is 6.43. The Labute approximate surface area is 229 Å². The van der Waals surface area contributed by atoms with Crippen LogP contribution in [0.3, 0.4) is 0 Å². The number of H-pyrrole nitrogens is 1. The Hall–Kier alpha value is -3.47. The third kappa shape index (κ3) is 5.52. The number of carbonyl (C=O) groups excluding carboxylic acids is 2. The van der Waals surface area contributed by atoms with Gasteiger partial charge in [-0.2, -0.15) is 0 Å². The quantitative estimate of drug-likeness (QED) is 0.274. The molecule has 0 spiro atoms. The number of rotatable bonds is 8. The fraction of sp³-hybridized carbons (Fsp3) is 0.346. The fourth-order valence-electron chi connectivity index (χ4n) is 4.64. The molecule has 3 heterocycles. The molecule has 5 rings (SSSR count). The van der Waals surface area contributed by atoms with Gasteiger partial charge in [-0.1, -0.05) is 23.2 Å². The van der Waals surface area contributed by atoms with Gasteiger partial charge in [-0.05, 0) is 56.5 Å². The Bertz CT molecular complexity index is 1500. The number of benzene rings is 2. The summed E-state index contributed by atoms with van der Waals surface area (Å²) in [6, 6.07) is 8.79. The second-order valence-corrected chi connectivity index (χ2v) is 10.1. The average Bonchev–Trinajstić information content (AvgIpc) is 3.55. The van der Waals surface area contributed by atoms with Crippen LogP contribution in [0.1, 0.15) is 43.0 Å². The first-order chi connectivity index (χ1) is 18.3. The lowest BCUT2D eigenvalue weighted by Crippen LogP contribution is -2.32. The zero-order valence-electron chi connectivity index (χ0n) is 20.7. The molecule has 3 N–H and O–H groups in total. The number of carbonyl (C=O) groups is 2. The fourth-order valence-corrected chi connectivity index (χ4v) is 5.05. The minimum Gasteiger partial charge on any atom is -0.374 e. The van der Waals surface area contributed by atoms with Crippen molar-refractivity contribution in [3.8, 4) is 0 Å². The summed E-state index contributed by atoms with van der Waals surface area (Å²) in [5.41, 5.74) is 2.44. The van der Waals surface area contributed by atoms with E-state index >= 15 is 0 Å². The minimum absolute atomic E-state index is 0.107. The summed E-state index contributed by atoms with van der Waals surface area (Å²) in [7, 11) is 0. The van der Waals surface area contributed by atoms with Crippen LogP contribution in [0.25, 0.3) is 21.9 Å². The zero-order valence-corrected chi connectivity index (χ0v) is 22.3. The van der Waals surface area contributed by atoms with Crippen LogP contribution in [0.4, 0.5) is 11.8 Å². The lowest BCUT2D eigenvalue weighted by Gasteiger charge is -2.23. The number of nitrogens with zero attached hydrogens (tertiary/aromatic N) is 5. The number of halogens is 2.